The Kier molecular flexibility index (Phi) is 4.59. The molecule has 6 heteroatoms. The van der Waals surface area contributed by atoms with Crippen LogP contribution in [0.25, 0.3) is 0 Å². The van der Waals surface area contributed by atoms with Crippen LogP contribution in [0.5, 0.6) is 5.88 Å². The number of nitrogens with zero attached hydrogens (tertiary/aromatic N) is 1. The minimum atomic E-state index is -0.422. The van der Waals surface area contributed by atoms with E-state index in [1.165, 1.54) is 6.07 Å². The Morgan fingerprint density at radius 1 is 1.13 bits per heavy atom. The molecular formula is C17H13ClN2O3. The van der Waals surface area contributed by atoms with Gasteiger partial charge in [0.05, 0.1) is 6.07 Å². The van der Waals surface area contributed by atoms with Gasteiger partial charge >= 0.3 is 0 Å². The van der Waals surface area contributed by atoms with Crippen LogP contribution in [0.2, 0.25) is 5.02 Å². The summed E-state index contributed by atoms with van der Waals surface area (Å²) in [6.07, 6.45) is 0. The monoisotopic (exact) mass is 328 g/mol. The van der Waals surface area contributed by atoms with Gasteiger partial charge < -0.3 is 14.6 Å². The first-order valence-corrected chi connectivity index (χ1v) is 7.29. The molecule has 0 fully saturated rings. The summed E-state index contributed by atoms with van der Waals surface area (Å²) < 4.78 is 10.5. The molecular weight excluding hydrogens is 316 g/mol. The van der Waals surface area contributed by atoms with Crippen molar-refractivity contribution in [1.82, 2.24) is 5.16 Å². The SMILES string of the molecule is O=C(Nc1cccc(Cl)c1)c1cc(OCc2ccccc2)no1. The summed E-state index contributed by atoms with van der Waals surface area (Å²) in [5.41, 5.74) is 1.58. The third kappa shape index (κ3) is 4.11. The highest BCUT2D eigenvalue weighted by Crippen LogP contribution is 2.18. The number of halogens is 1. The van der Waals surface area contributed by atoms with Crippen LogP contribution in [0.15, 0.2) is 65.2 Å². The van der Waals surface area contributed by atoms with Crippen LogP contribution in [-0.4, -0.2) is 11.1 Å². The fourth-order valence-corrected chi connectivity index (χ4v) is 2.11. The van der Waals surface area contributed by atoms with Gasteiger partial charge in [0.15, 0.2) is 0 Å². The quantitative estimate of drug-likeness (QED) is 0.763. The van der Waals surface area contributed by atoms with Crippen LogP contribution in [-0.2, 0) is 6.61 Å². The summed E-state index contributed by atoms with van der Waals surface area (Å²) >= 11 is 5.87. The molecule has 0 radical (unpaired) electrons. The van der Waals surface area contributed by atoms with Crippen LogP contribution < -0.4 is 10.1 Å². The Hall–Kier alpha value is -2.79. The highest BCUT2D eigenvalue weighted by atomic mass is 35.5. The number of carbonyl (C=O) groups excluding carboxylic acids is 1. The molecule has 0 saturated heterocycles. The van der Waals surface area contributed by atoms with Gasteiger partial charge in [-0.1, -0.05) is 48.0 Å². The van der Waals surface area contributed by atoms with Gasteiger partial charge in [-0.3, -0.25) is 4.79 Å². The topological polar surface area (TPSA) is 64.4 Å². The summed E-state index contributed by atoms with van der Waals surface area (Å²) in [6, 6.07) is 17.9. The average Bonchev–Trinajstić information content (AvgIpc) is 3.03. The van der Waals surface area contributed by atoms with E-state index >= 15 is 0 Å². The van der Waals surface area contributed by atoms with Crippen LogP contribution in [0.3, 0.4) is 0 Å². The van der Waals surface area contributed by atoms with E-state index in [0.717, 1.165) is 5.56 Å². The van der Waals surface area contributed by atoms with E-state index in [0.29, 0.717) is 17.3 Å². The van der Waals surface area contributed by atoms with Crippen molar-refractivity contribution in [1.29, 1.82) is 0 Å². The van der Waals surface area contributed by atoms with Gasteiger partial charge in [-0.25, -0.2) is 0 Å². The molecule has 116 valence electrons. The van der Waals surface area contributed by atoms with Crippen LogP contribution in [0.1, 0.15) is 16.1 Å². The lowest BCUT2D eigenvalue weighted by Gasteiger charge is -2.02. The Bertz CT molecular complexity index is 802. The summed E-state index contributed by atoms with van der Waals surface area (Å²) in [5, 5.41) is 6.94. The van der Waals surface area contributed by atoms with Gasteiger partial charge in [-0.2, -0.15) is 0 Å². The maximum atomic E-state index is 12.1. The summed E-state index contributed by atoms with van der Waals surface area (Å²) in [4.78, 5) is 12.1. The molecule has 5 nitrogen and oxygen atoms in total. The summed E-state index contributed by atoms with van der Waals surface area (Å²) in [5.74, 6) is -0.104. The van der Waals surface area contributed by atoms with Gasteiger partial charge in [0, 0.05) is 10.7 Å². The van der Waals surface area contributed by atoms with E-state index in [1.807, 2.05) is 30.3 Å². The maximum Gasteiger partial charge on any atom is 0.294 e. The highest BCUT2D eigenvalue weighted by molar-refractivity contribution is 6.30. The smallest absolute Gasteiger partial charge is 0.294 e. The lowest BCUT2D eigenvalue weighted by atomic mass is 10.2. The van der Waals surface area contributed by atoms with Crippen molar-refractivity contribution in [3.63, 3.8) is 0 Å². The van der Waals surface area contributed by atoms with Gasteiger partial charge in [-0.15, -0.1) is 0 Å². The number of rotatable bonds is 5. The molecule has 0 aliphatic carbocycles. The summed E-state index contributed by atoms with van der Waals surface area (Å²) in [6.45, 7) is 0.350. The molecule has 0 bridgehead atoms. The van der Waals surface area contributed by atoms with E-state index in [1.54, 1.807) is 24.3 Å². The number of aromatic nitrogens is 1. The van der Waals surface area contributed by atoms with Crippen LogP contribution in [0, 0.1) is 0 Å². The minimum absolute atomic E-state index is 0.0630. The van der Waals surface area contributed by atoms with Gasteiger partial charge in [0.1, 0.15) is 6.61 Å². The second kappa shape index (κ2) is 6.98. The first-order chi connectivity index (χ1) is 11.2. The first kappa shape index (κ1) is 15.1. The average molecular weight is 329 g/mol. The zero-order valence-electron chi connectivity index (χ0n) is 12.0. The highest BCUT2D eigenvalue weighted by Gasteiger charge is 2.14. The molecule has 0 unspecified atom stereocenters. The van der Waals surface area contributed by atoms with E-state index in [2.05, 4.69) is 10.5 Å². The lowest BCUT2D eigenvalue weighted by molar-refractivity contribution is 0.0987. The number of carbonyl (C=O) groups is 1. The molecule has 3 aromatic rings. The summed E-state index contributed by atoms with van der Waals surface area (Å²) in [7, 11) is 0. The molecule has 3 rings (SSSR count). The van der Waals surface area contributed by atoms with Crippen molar-refractivity contribution in [2.24, 2.45) is 0 Å². The second-order valence-corrected chi connectivity index (χ2v) is 5.20. The lowest BCUT2D eigenvalue weighted by Crippen LogP contribution is -2.10. The van der Waals surface area contributed by atoms with Crippen LogP contribution in [0.4, 0.5) is 5.69 Å². The first-order valence-electron chi connectivity index (χ1n) is 6.91. The molecule has 1 N–H and O–H groups in total. The zero-order chi connectivity index (χ0) is 16.1. The predicted octanol–water partition coefficient (Wildman–Crippen LogP) is 4.16. The molecule has 0 aliphatic rings. The van der Waals surface area contributed by atoms with Gasteiger partial charge in [0.25, 0.3) is 11.8 Å². The molecule has 1 heterocycles. The number of hydrogen-bond donors (Lipinski definition) is 1. The zero-order valence-corrected chi connectivity index (χ0v) is 12.8. The van der Waals surface area contributed by atoms with Crippen molar-refractivity contribution in [3.05, 3.63) is 77.0 Å². The Labute approximate surface area is 137 Å². The molecule has 0 aliphatic heterocycles. The maximum absolute atomic E-state index is 12.1. The fourth-order valence-electron chi connectivity index (χ4n) is 1.92. The number of ether oxygens (including phenoxy) is 1. The molecule has 2 aromatic carbocycles. The Morgan fingerprint density at radius 2 is 1.96 bits per heavy atom. The molecule has 0 saturated carbocycles. The number of nitrogens with one attached hydrogen (secondary N) is 1. The number of benzene rings is 2. The molecule has 1 aromatic heterocycles. The molecule has 23 heavy (non-hydrogen) atoms. The molecule has 1 amide bonds. The molecule has 0 atom stereocenters. The van der Waals surface area contributed by atoms with Crippen molar-refractivity contribution >= 4 is 23.2 Å². The van der Waals surface area contributed by atoms with Crippen molar-refractivity contribution < 1.29 is 14.1 Å². The van der Waals surface area contributed by atoms with Crippen LogP contribution >= 0.6 is 11.6 Å². The Morgan fingerprint density at radius 3 is 2.74 bits per heavy atom. The largest absolute Gasteiger partial charge is 0.471 e. The van der Waals surface area contributed by atoms with Gasteiger partial charge in [-0.05, 0) is 28.9 Å². The van der Waals surface area contributed by atoms with Crippen molar-refractivity contribution in [2.75, 3.05) is 5.32 Å². The standard InChI is InChI=1S/C17H13ClN2O3/c18-13-7-4-8-14(9-13)19-17(21)15-10-16(20-23-15)22-11-12-5-2-1-3-6-12/h1-10H,11H2,(H,19,21). The van der Waals surface area contributed by atoms with Gasteiger partial charge in [0.2, 0.25) is 5.76 Å². The number of hydrogen-bond acceptors (Lipinski definition) is 4. The van der Waals surface area contributed by atoms with E-state index in [-0.39, 0.29) is 11.6 Å². The van der Waals surface area contributed by atoms with E-state index in [4.69, 9.17) is 20.9 Å². The molecule has 0 spiro atoms. The number of amides is 1. The van der Waals surface area contributed by atoms with Crippen molar-refractivity contribution in [2.45, 2.75) is 6.61 Å². The van der Waals surface area contributed by atoms with E-state index in [9.17, 15) is 4.79 Å². The fraction of sp³-hybridized carbons (Fsp3) is 0.0588. The van der Waals surface area contributed by atoms with Crippen molar-refractivity contribution in [3.8, 4) is 5.88 Å². The normalized spacial score (nSPS) is 10.3. The predicted molar refractivity (Wildman–Crippen MR) is 86.7 cm³/mol. The minimum Gasteiger partial charge on any atom is -0.471 e. The Balaban J connectivity index is 1.61. The van der Waals surface area contributed by atoms with E-state index < -0.39 is 5.91 Å². The second-order valence-electron chi connectivity index (χ2n) is 4.77. The number of anilines is 1. The third-order valence-corrected chi connectivity index (χ3v) is 3.26. The third-order valence-electron chi connectivity index (χ3n) is 3.02.